The van der Waals surface area contributed by atoms with Gasteiger partial charge in [-0.3, -0.25) is 0 Å². The molecule has 1 N–H and O–H groups in total. The Morgan fingerprint density at radius 1 is 1.42 bits per heavy atom. The van der Waals surface area contributed by atoms with E-state index in [1.807, 2.05) is 12.3 Å². The smallest absolute Gasteiger partial charge is 0.162 e. The second-order valence-corrected chi connectivity index (χ2v) is 4.30. The molecular weight excluding hydrogens is 246 g/mol. The highest BCUT2D eigenvalue weighted by Crippen LogP contribution is 2.06. The lowest BCUT2D eigenvalue weighted by molar-refractivity contribution is 0.155. The number of nitrogens with one attached hydrogen (secondary N) is 1. The lowest BCUT2D eigenvalue weighted by Crippen LogP contribution is -2.13. The lowest BCUT2D eigenvalue weighted by atomic mass is 10.3. The first-order chi connectivity index (χ1) is 9.31. The van der Waals surface area contributed by atoms with Crippen LogP contribution < -0.4 is 5.32 Å². The number of rotatable bonds is 8. The molecule has 104 valence electrons. The third-order valence-electron chi connectivity index (χ3n) is 2.54. The molecule has 0 fully saturated rings. The van der Waals surface area contributed by atoms with Crippen molar-refractivity contribution in [3.8, 4) is 0 Å². The predicted molar refractivity (Wildman–Crippen MR) is 68.3 cm³/mol. The van der Waals surface area contributed by atoms with Crippen LogP contribution in [-0.4, -0.2) is 33.8 Å². The van der Waals surface area contributed by atoms with Crippen LogP contribution in [0.3, 0.4) is 0 Å². The van der Waals surface area contributed by atoms with Crippen LogP contribution >= 0.6 is 0 Å². The Labute approximate surface area is 111 Å². The van der Waals surface area contributed by atoms with Crippen LogP contribution in [0.5, 0.6) is 0 Å². The van der Waals surface area contributed by atoms with Crippen molar-refractivity contribution < 1.29 is 9.26 Å². The molecule has 0 aliphatic carbocycles. The Balaban J connectivity index is 1.87. The van der Waals surface area contributed by atoms with E-state index in [-0.39, 0.29) is 0 Å². The van der Waals surface area contributed by atoms with Gasteiger partial charge >= 0.3 is 0 Å². The summed E-state index contributed by atoms with van der Waals surface area (Å²) in [6, 6.07) is 1.86. The summed E-state index contributed by atoms with van der Waals surface area (Å²) < 4.78 is 11.8. The molecular formula is C12H19N5O2. The largest absolute Gasteiger partial charge is 0.377 e. The fourth-order valence-corrected chi connectivity index (χ4v) is 1.70. The summed E-state index contributed by atoms with van der Waals surface area (Å²) in [6.07, 6.45) is 3.02. The SMILES string of the molecule is CCCNCc1cn(Cc2cc(COC)on2)nn1. The van der Waals surface area contributed by atoms with Crippen molar-refractivity contribution in [2.24, 2.45) is 0 Å². The molecule has 0 unspecified atom stereocenters. The van der Waals surface area contributed by atoms with Crippen LogP contribution in [0.2, 0.25) is 0 Å². The van der Waals surface area contributed by atoms with Crippen molar-refractivity contribution in [3.05, 3.63) is 29.4 Å². The second kappa shape index (κ2) is 7.01. The highest BCUT2D eigenvalue weighted by atomic mass is 16.5. The zero-order valence-electron chi connectivity index (χ0n) is 11.3. The summed E-state index contributed by atoms with van der Waals surface area (Å²) in [7, 11) is 1.62. The van der Waals surface area contributed by atoms with Crippen molar-refractivity contribution in [1.82, 2.24) is 25.5 Å². The van der Waals surface area contributed by atoms with E-state index in [4.69, 9.17) is 9.26 Å². The second-order valence-electron chi connectivity index (χ2n) is 4.30. The van der Waals surface area contributed by atoms with Gasteiger partial charge in [0.1, 0.15) is 12.3 Å². The first-order valence-corrected chi connectivity index (χ1v) is 6.35. The van der Waals surface area contributed by atoms with E-state index < -0.39 is 0 Å². The maximum atomic E-state index is 5.11. The van der Waals surface area contributed by atoms with Crippen LogP contribution in [0, 0.1) is 0 Å². The van der Waals surface area contributed by atoms with Gasteiger partial charge < -0.3 is 14.6 Å². The van der Waals surface area contributed by atoms with Gasteiger partial charge in [0.15, 0.2) is 5.76 Å². The van der Waals surface area contributed by atoms with Gasteiger partial charge in [-0.2, -0.15) is 0 Å². The van der Waals surface area contributed by atoms with Crippen molar-refractivity contribution >= 4 is 0 Å². The Morgan fingerprint density at radius 3 is 3.11 bits per heavy atom. The highest BCUT2D eigenvalue weighted by molar-refractivity contribution is 5.05. The fourth-order valence-electron chi connectivity index (χ4n) is 1.70. The van der Waals surface area contributed by atoms with Gasteiger partial charge in [-0.15, -0.1) is 5.10 Å². The molecule has 0 aliphatic heterocycles. The molecule has 7 heteroatoms. The molecule has 0 saturated carbocycles. The summed E-state index contributed by atoms with van der Waals surface area (Å²) >= 11 is 0. The molecule has 0 spiro atoms. The lowest BCUT2D eigenvalue weighted by Gasteiger charge is -1.97. The van der Waals surface area contributed by atoms with Crippen LogP contribution in [0.25, 0.3) is 0 Å². The van der Waals surface area contributed by atoms with E-state index in [0.717, 1.165) is 30.9 Å². The number of hydrogen-bond acceptors (Lipinski definition) is 6. The average Bonchev–Trinajstić information content (AvgIpc) is 3.01. The average molecular weight is 265 g/mol. The molecule has 2 aromatic heterocycles. The molecule has 0 radical (unpaired) electrons. The zero-order chi connectivity index (χ0) is 13.5. The van der Waals surface area contributed by atoms with E-state index in [2.05, 4.69) is 27.7 Å². The third kappa shape index (κ3) is 4.15. The van der Waals surface area contributed by atoms with Gasteiger partial charge in [0, 0.05) is 19.7 Å². The van der Waals surface area contributed by atoms with E-state index in [0.29, 0.717) is 18.9 Å². The molecule has 0 amide bonds. The van der Waals surface area contributed by atoms with E-state index in [1.165, 1.54) is 0 Å². The Hall–Kier alpha value is -1.73. The summed E-state index contributed by atoms with van der Waals surface area (Å²) in [4.78, 5) is 0. The minimum atomic E-state index is 0.427. The van der Waals surface area contributed by atoms with Crippen molar-refractivity contribution in [2.45, 2.75) is 33.0 Å². The number of ether oxygens (including phenoxy) is 1. The van der Waals surface area contributed by atoms with Crippen LogP contribution in [-0.2, 0) is 24.4 Å². The molecule has 0 aromatic carbocycles. The minimum Gasteiger partial charge on any atom is -0.377 e. The number of nitrogens with zero attached hydrogens (tertiary/aromatic N) is 4. The summed E-state index contributed by atoms with van der Waals surface area (Å²) in [6.45, 7) is 4.83. The zero-order valence-corrected chi connectivity index (χ0v) is 11.3. The van der Waals surface area contributed by atoms with E-state index in [9.17, 15) is 0 Å². The maximum absolute atomic E-state index is 5.11. The van der Waals surface area contributed by atoms with E-state index >= 15 is 0 Å². The Bertz CT molecular complexity index is 494. The van der Waals surface area contributed by atoms with Crippen molar-refractivity contribution in [1.29, 1.82) is 0 Å². The molecule has 2 heterocycles. The van der Waals surface area contributed by atoms with Gasteiger partial charge in [0.25, 0.3) is 0 Å². The molecule has 0 atom stereocenters. The standard InChI is InChI=1S/C12H19N5O2/c1-3-4-13-6-11-8-17(16-14-11)7-10-5-12(9-18-2)19-15-10/h5,8,13H,3-4,6-7,9H2,1-2H3. The van der Waals surface area contributed by atoms with Crippen LogP contribution in [0.15, 0.2) is 16.8 Å². The molecule has 0 saturated heterocycles. The normalized spacial score (nSPS) is 11.1. The van der Waals surface area contributed by atoms with Gasteiger partial charge in [0.2, 0.25) is 0 Å². The molecule has 2 aromatic rings. The number of hydrogen-bond donors (Lipinski definition) is 1. The highest BCUT2D eigenvalue weighted by Gasteiger charge is 2.06. The summed E-state index contributed by atoms with van der Waals surface area (Å²) in [5, 5.41) is 15.4. The quantitative estimate of drug-likeness (QED) is 0.716. The summed E-state index contributed by atoms with van der Waals surface area (Å²) in [5.74, 6) is 0.711. The third-order valence-corrected chi connectivity index (χ3v) is 2.54. The summed E-state index contributed by atoms with van der Waals surface area (Å²) in [5.41, 5.74) is 1.74. The number of methoxy groups -OCH3 is 1. The van der Waals surface area contributed by atoms with Gasteiger partial charge in [0.05, 0.1) is 18.4 Å². The molecule has 2 rings (SSSR count). The van der Waals surface area contributed by atoms with Crippen molar-refractivity contribution in [3.63, 3.8) is 0 Å². The number of aromatic nitrogens is 4. The van der Waals surface area contributed by atoms with Crippen LogP contribution in [0.1, 0.15) is 30.5 Å². The van der Waals surface area contributed by atoms with Crippen LogP contribution in [0.4, 0.5) is 0 Å². The van der Waals surface area contributed by atoms with Crippen molar-refractivity contribution in [2.75, 3.05) is 13.7 Å². The van der Waals surface area contributed by atoms with E-state index in [1.54, 1.807) is 11.8 Å². The molecule has 19 heavy (non-hydrogen) atoms. The molecule has 0 bridgehead atoms. The Kier molecular flexibility index (Phi) is 5.05. The first-order valence-electron chi connectivity index (χ1n) is 6.35. The molecule has 0 aliphatic rings. The van der Waals surface area contributed by atoms with Gasteiger partial charge in [-0.05, 0) is 13.0 Å². The Morgan fingerprint density at radius 2 is 2.32 bits per heavy atom. The molecule has 7 nitrogen and oxygen atoms in total. The topological polar surface area (TPSA) is 78.0 Å². The van der Waals surface area contributed by atoms with Gasteiger partial charge in [-0.25, -0.2) is 4.68 Å². The minimum absolute atomic E-state index is 0.427. The fraction of sp³-hybridized carbons (Fsp3) is 0.583. The predicted octanol–water partition coefficient (Wildman–Crippen LogP) is 0.960. The maximum Gasteiger partial charge on any atom is 0.162 e. The first kappa shape index (κ1) is 13.7. The monoisotopic (exact) mass is 265 g/mol. The van der Waals surface area contributed by atoms with Gasteiger partial charge in [-0.1, -0.05) is 17.3 Å².